The Morgan fingerprint density at radius 3 is 2.00 bits per heavy atom. The van der Waals surface area contributed by atoms with Crippen LogP contribution >= 0.6 is 0 Å². The third kappa shape index (κ3) is 3.21. The number of carbonyl (C=O) groups is 3. The molecule has 9 heteroatoms. The van der Waals surface area contributed by atoms with E-state index in [0.29, 0.717) is 5.69 Å². The molecule has 0 spiro atoms. The number of primary amides is 2. The van der Waals surface area contributed by atoms with Crippen molar-refractivity contribution in [2.24, 2.45) is 18.5 Å². The first-order valence-corrected chi connectivity index (χ1v) is 5.39. The summed E-state index contributed by atoms with van der Waals surface area (Å²) in [5, 5.41) is 3.98. The molecular formula is C10H16N6O3. The van der Waals surface area contributed by atoms with E-state index in [4.69, 9.17) is 17.2 Å². The van der Waals surface area contributed by atoms with Crippen molar-refractivity contribution in [3.63, 3.8) is 0 Å². The lowest BCUT2D eigenvalue weighted by Gasteiger charge is -2.19. The van der Waals surface area contributed by atoms with E-state index >= 15 is 0 Å². The van der Waals surface area contributed by atoms with Crippen LogP contribution in [0.4, 0.5) is 5.69 Å². The topological polar surface area (TPSA) is 150 Å². The van der Waals surface area contributed by atoms with Crippen molar-refractivity contribution in [2.45, 2.75) is 6.92 Å². The van der Waals surface area contributed by atoms with E-state index in [0.717, 1.165) is 4.90 Å². The molecule has 0 atom stereocenters. The summed E-state index contributed by atoms with van der Waals surface area (Å²) >= 11 is 0. The number of nitrogens with two attached hydrogens (primary N) is 3. The van der Waals surface area contributed by atoms with Crippen molar-refractivity contribution in [3.05, 3.63) is 11.4 Å². The average Bonchev–Trinajstić information content (AvgIpc) is 2.50. The maximum atomic E-state index is 12.2. The maximum absolute atomic E-state index is 12.2. The van der Waals surface area contributed by atoms with Gasteiger partial charge in [-0.05, 0) is 6.92 Å². The summed E-state index contributed by atoms with van der Waals surface area (Å²) in [4.78, 5) is 35.0. The van der Waals surface area contributed by atoms with Crippen molar-refractivity contribution in [3.8, 4) is 0 Å². The second kappa shape index (κ2) is 5.38. The highest BCUT2D eigenvalue weighted by Gasteiger charge is 2.25. The molecule has 1 heterocycles. The van der Waals surface area contributed by atoms with Crippen LogP contribution in [-0.2, 0) is 16.6 Å². The highest BCUT2D eigenvalue weighted by Crippen LogP contribution is 2.17. The van der Waals surface area contributed by atoms with Gasteiger partial charge in [-0.2, -0.15) is 5.10 Å². The van der Waals surface area contributed by atoms with E-state index in [1.807, 2.05) is 0 Å². The Labute approximate surface area is 109 Å². The van der Waals surface area contributed by atoms with Crippen molar-refractivity contribution in [1.82, 2.24) is 14.7 Å². The molecule has 0 radical (unpaired) electrons. The third-order valence-electron chi connectivity index (χ3n) is 2.45. The molecule has 0 aliphatic carbocycles. The Morgan fingerprint density at radius 2 is 1.68 bits per heavy atom. The van der Waals surface area contributed by atoms with E-state index < -0.39 is 30.8 Å². The van der Waals surface area contributed by atoms with E-state index in [9.17, 15) is 14.4 Å². The Balaban J connectivity index is 3.11. The number of aromatic nitrogens is 2. The Hall–Kier alpha value is -2.58. The van der Waals surface area contributed by atoms with Gasteiger partial charge in [0.15, 0.2) is 0 Å². The SMILES string of the molecule is Cc1nn(C)c(C(=O)N(CC(N)=O)CC(N)=O)c1N. The van der Waals surface area contributed by atoms with Gasteiger partial charge in [-0.1, -0.05) is 0 Å². The van der Waals surface area contributed by atoms with Crippen LogP contribution in [0, 0.1) is 6.92 Å². The zero-order valence-corrected chi connectivity index (χ0v) is 10.7. The lowest BCUT2D eigenvalue weighted by atomic mass is 10.2. The lowest BCUT2D eigenvalue weighted by molar-refractivity contribution is -0.121. The fourth-order valence-electron chi connectivity index (χ4n) is 1.65. The second-order valence-electron chi connectivity index (χ2n) is 4.07. The number of hydrogen-bond acceptors (Lipinski definition) is 5. The van der Waals surface area contributed by atoms with Crippen LogP contribution in [0.25, 0.3) is 0 Å². The van der Waals surface area contributed by atoms with E-state index in [1.165, 1.54) is 11.7 Å². The maximum Gasteiger partial charge on any atom is 0.275 e. The number of carbonyl (C=O) groups excluding carboxylic acids is 3. The summed E-state index contributed by atoms with van der Waals surface area (Å²) < 4.78 is 1.28. The standard InChI is InChI=1S/C10H16N6O3/c1-5-8(13)9(15(2)14-5)10(19)16(3-6(11)17)4-7(12)18/h3-4,13H2,1-2H3,(H2,11,17)(H2,12,18). The van der Waals surface area contributed by atoms with Gasteiger partial charge >= 0.3 is 0 Å². The number of aryl methyl sites for hydroxylation is 2. The molecule has 0 aliphatic rings. The number of rotatable bonds is 5. The Bertz CT molecular complexity index is 520. The molecule has 0 saturated carbocycles. The highest BCUT2D eigenvalue weighted by molar-refractivity contribution is 6.01. The first-order valence-electron chi connectivity index (χ1n) is 5.39. The van der Waals surface area contributed by atoms with E-state index in [-0.39, 0.29) is 11.4 Å². The number of nitrogen functional groups attached to an aromatic ring is 1. The Kier molecular flexibility index (Phi) is 4.10. The first kappa shape index (κ1) is 14.5. The van der Waals surface area contributed by atoms with Gasteiger partial charge in [0.25, 0.3) is 5.91 Å². The van der Waals surface area contributed by atoms with Crippen molar-refractivity contribution >= 4 is 23.4 Å². The molecule has 1 aromatic rings. The normalized spacial score (nSPS) is 10.2. The monoisotopic (exact) mass is 268 g/mol. The second-order valence-corrected chi connectivity index (χ2v) is 4.07. The first-order chi connectivity index (χ1) is 8.73. The van der Waals surface area contributed by atoms with Crippen molar-refractivity contribution in [1.29, 1.82) is 0 Å². The minimum absolute atomic E-state index is 0.0833. The fraction of sp³-hybridized carbons (Fsp3) is 0.400. The van der Waals surface area contributed by atoms with Gasteiger partial charge in [0.2, 0.25) is 11.8 Å². The van der Waals surface area contributed by atoms with Crippen molar-refractivity contribution < 1.29 is 14.4 Å². The minimum Gasteiger partial charge on any atom is -0.395 e. The molecule has 0 saturated heterocycles. The van der Waals surface area contributed by atoms with Crippen LogP contribution in [0.1, 0.15) is 16.2 Å². The predicted octanol–water partition coefficient (Wildman–Crippen LogP) is -2.28. The third-order valence-corrected chi connectivity index (χ3v) is 2.45. The van der Waals surface area contributed by atoms with Gasteiger partial charge in [-0.3, -0.25) is 19.1 Å². The molecule has 3 amide bonds. The molecule has 1 aromatic heterocycles. The predicted molar refractivity (Wildman–Crippen MR) is 66.6 cm³/mol. The van der Waals surface area contributed by atoms with Gasteiger partial charge in [-0.15, -0.1) is 0 Å². The van der Waals surface area contributed by atoms with E-state index in [1.54, 1.807) is 6.92 Å². The molecule has 1 rings (SSSR count). The molecule has 0 bridgehead atoms. The molecular weight excluding hydrogens is 252 g/mol. The molecule has 6 N–H and O–H groups in total. The van der Waals surface area contributed by atoms with Crippen molar-refractivity contribution in [2.75, 3.05) is 18.8 Å². The summed E-state index contributed by atoms with van der Waals surface area (Å²) in [6.45, 7) is 0.787. The zero-order valence-electron chi connectivity index (χ0n) is 10.7. The molecule has 0 fully saturated rings. The number of nitrogens with zero attached hydrogens (tertiary/aromatic N) is 3. The van der Waals surface area contributed by atoms with E-state index in [2.05, 4.69) is 5.10 Å². The molecule has 19 heavy (non-hydrogen) atoms. The van der Waals surface area contributed by atoms with Gasteiger partial charge in [0.05, 0.1) is 11.4 Å². The fourth-order valence-corrected chi connectivity index (χ4v) is 1.65. The summed E-state index contributed by atoms with van der Waals surface area (Å²) in [6, 6.07) is 0. The molecule has 0 unspecified atom stereocenters. The minimum atomic E-state index is -0.757. The quantitative estimate of drug-likeness (QED) is 0.549. The summed E-state index contributed by atoms with van der Waals surface area (Å²) in [6.07, 6.45) is 0. The van der Waals surface area contributed by atoms with Crippen LogP contribution in [0.5, 0.6) is 0 Å². The van der Waals surface area contributed by atoms with Crippen LogP contribution in [0.15, 0.2) is 0 Å². The summed E-state index contributed by atoms with van der Waals surface area (Å²) in [7, 11) is 1.53. The van der Waals surface area contributed by atoms with Gasteiger partial charge in [0, 0.05) is 7.05 Å². The number of anilines is 1. The van der Waals surface area contributed by atoms with Gasteiger partial charge < -0.3 is 22.1 Å². The average molecular weight is 268 g/mol. The smallest absolute Gasteiger partial charge is 0.275 e. The van der Waals surface area contributed by atoms with Crippen LogP contribution in [0.3, 0.4) is 0 Å². The molecule has 0 aliphatic heterocycles. The number of amides is 3. The largest absolute Gasteiger partial charge is 0.395 e. The highest BCUT2D eigenvalue weighted by atomic mass is 16.2. The molecule has 104 valence electrons. The van der Waals surface area contributed by atoms with Gasteiger partial charge in [0.1, 0.15) is 18.8 Å². The van der Waals surface area contributed by atoms with Gasteiger partial charge in [-0.25, -0.2) is 0 Å². The Morgan fingerprint density at radius 1 is 1.21 bits per heavy atom. The molecule has 9 nitrogen and oxygen atoms in total. The van der Waals surface area contributed by atoms with Crippen LogP contribution in [-0.4, -0.2) is 45.5 Å². The molecule has 0 aromatic carbocycles. The van der Waals surface area contributed by atoms with Crippen LogP contribution in [0.2, 0.25) is 0 Å². The summed E-state index contributed by atoms with van der Waals surface area (Å²) in [5.74, 6) is -2.14. The summed E-state index contributed by atoms with van der Waals surface area (Å²) in [5.41, 5.74) is 16.5. The number of hydrogen-bond donors (Lipinski definition) is 3. The lowest BCUT2D eigenvalue weighted by Crippen LogP contribution is -2.44. The zero-order chi connectivity index (χ0) is 14.7. The van der Waals surface area contributed by atoms with Crippen LogP contribution < -0.4 is 17.2 Å².